The molecule has 2 rings (SSSR count). The Morgan fingerprint density at radius 3 is 2.00 bits per heavy atom. The average molecular weight is 309 g/mol. The normalized spacial score (nSPS) is 11.2. The van der Waals surface area contributed by atoms with Gasteiger partial charge in [0.1, 0.15) is 0 Å². The van der Waals surface area contributed by atoms with E-state index in [0.717, 1.165) is 13.0 Å². The molecule has 0 fully saturated rings. The summed E-state index contributed by atoms with van der Waals surface area (Å²) >= 11 is 0. The number of nitrogens with zero attached hydrogens (tertiary/aromatic N) is 1. The van der Waals surface area contributed by atoms with Crippen LogP contribution in [0.1, 0.15) is 43.4 Å². The Morgan fingerprint density at radius 1 is 0.783 bits per heavy atom. The molecule has 0 N–H and O–H groups in total. The maximum Gasteiger partial charge on any atom is 0.00218 e. The second-order valence-corrected chi connectivity index (χ2v) is 6.56. The number of rotatable bonds is 8. The molecule has 1 nitrogen and oxygen atoms in total. The van der Waals surface area contributed by atoms with E-state index >= 15 is 0 Å². The Morgan fingerprint density at radius 2 is 1.39 bits per heavy atom. The van der Waals surface area contributed by atoms with Gasteiger partial charge in [0, 0.05) is 6.54 Å². The second kappa shape index (κ2) is 8.88. The first-order valence-electron chi connectivity index (χ1n) is 9.03. The van der Waals surface area contributed by atoms with Crippen LogP contribution in [-0.4, -0.2) is 24.5 Å². The van der Waals surface area contributed by atoms with E-state index in [1.54, 1.807) is 0 Å². The lowest BCUT2D eigenvalue weighted by Crippen LogP contribution is -2.27. The fourth-order valence-corrected chi connectivity index (χ4v) is 3.41. The Kier molecular flexibility index (Phi) is 6.85. The molecule has 0 saturated heterocycles. The molecule has 0 aliphatic rings. The van der Waals surface area contributed by atoms with Crippen LogP contribution in [0.5, 0.6) is 0 Å². The van der Waals surface area contributed by atoms with Crippen molar-refractivity contribution in [3.8, 4) is 11.1 Å². The van der Waals surface area contributed by atoms with Crippen molar-refractivity contribution < 1.29 is 0 Å². The maximum absolute atomic E-state index is 2.59. The molecule has 0 amide bonds. The summed E-state index contributed by atoms with van der Waals surface area (Å²) in [5.74, 6) is 0. The average Bonchev–Trinajstić information content (AvgIpc) is 2.53. The van der Waals surface area contributed by atoms with E-state index in [1.165, 1.54) is 53.7 Å². The zero-order valence-electron chi connectivity index (χ0n) is 15.2. The molecule has 0 saturated carbocycles. The van der Waals surface area contributed by atoms with Crippen LogP contribution >= 0.6 is 0 Å². The molecule has 0 aromatic heterocycles. The lowest BCUT2D eigenvalue weighted by atomic mass is 9.94. The highest BCUT2D eigenvalue weighted by Gasteiger charge is 2.07. The zero-order chi connectivity index (χ0) is 16.7. The summed E-state index contributed by atoms with van der Waals surface area (Å²) in [6.45, 7) is 12.5. The van der Waals surface area contributed by atoms with Crippen LogP contribution in [0, 0.1) is 13.8 Å². The van der Waals surface area contributed by atoms with Crippen LogP contribution in [0.3, 0.4) is 0 Å². The fraction of sp³-hybridized carbons (Fsp3) is 0.455. The largest absolute Gasteiger partial charge is 0.303 e. The minimum absolute atomic E-state index is 1.14. The van der Waals surface area contributed by atoms with Gasteiger partial charge in [-0.3, -0.25) is 0 Å². The highest BCUT2D eigenvalue weighted by molar-refractivity contribution is 5.71. The van der Waals surface area contributed by atoms with E-state index in [2.05, 4.69) is 75.1 Å². The molecule has 2 aromatic carbocycles. The zero-order valence-corrected chi connectivity index (χ0v) is 15.2. The molecule has 0 bridgehead atoms. The highest BCUT2D eigenvalue weighted by Crippen LogP contribution is 2.27. The smallest absolute Gasteiger partial charge is 0.00218 e. The molecule has 0 atom stereocenters. The van der Waals surface area contributed by atoms with Gasteiger partial charge in [0.2, 0.25) is 0 Å². The summed E-state index contributed by atoms with van der Waals surface area (Å²) in [4.78, 5) is 2.59. The van der Waals surface area contributed by atoms with E-state index in [1.807, 2.05) is 0 Å². The summed E-state index contributed by atoms with van der Waals surface area (Å²) in [5.41, 5.74) is 6.92. The molecule has 0 unspecified atom stereocenters. The lowest BCUT2D eigenvalue weighted by Gasteiger charge is -2.21. The molecule has 2 aromatic rings. The van der Waals surface area contributed by atoms with Crippen molar-refractivity contribution in [2.75, 3.05) is 19.6 Å². The maximum atomic E-state index is 2.59. The van der Waals surface area contributed by atoms with E-state index in [0.29, 0.717) is 0 Å². The summed E-state index contributed by atoms with van der Waals surface area (Å²) in [5, 5.41) is 0. The lowest BCUT2D eigenvalue weighted by molar-refractivity contribution is 0.278. The summed E-state index contributed by atoms with van der Waals surface area (Å²) in [6, 6.07) is 15.7. The summed E-state index contributed by atoms with van der Waals surface area (Å²) in [6.07, 6.45) is 3.61. The first-order chi connectivity index (χ1) is 11.2. The number of hydrogen-bond acceptors (Lipinski definition) is 1. The monoisotopic (exact) mass is 309 g/mol. The van der Waals surface area contributed by atoms with Gasteiger partial charge in [-0.15, -0.1) is 0 Å². The van der Waals surface area contributed by atoms with Gasteiger partial charge >= 0.3 is 0 Å². The van der Waals surface area contributed by atoms with Gasteiger partial charge in [0.25, 0.3) is 0 Å². The van der Waals surface area contributed by atoms with Crippen molar-refractivity contribution in [1.82, 2.24) is 4.90 Å². The minimum atomic E-state index is 1.14. The van der Waals surface area contributed by atoms with Crippen LogP contribution in [-0.2, 0) is 6.42 Å². The van der Waals surface area contributed by atoms with Crippen LogP contribution in [0.4, 0.5) is 0 Å². The van der Waals surface area contributed by atoms with E-state index in [-0.39, 0.29) is 0 Å². The third-order valence-electron chi connectivity index (χ3n) is 4.49. The number of aryl methyl sites for hydroxylation is 2. The molecule has 23 heavy (non-hydrogen) atoms. The van der Waals surface area contributed by atoms with Crippen molar-refractivity contribution in [3.63, 3.8) is 0 Å². The van der Waals surface area contributed by atoms with Gasteiger partial charge in [0.15, 0.2) is 0 Å². The molecule has 0 heterocycles. The van der Waals surface area contributed by atoms with Crippen molar-refractivity contribution in [2.24, 2.45) is 0 Å². The first kappa shape index (κ1) is 17.7. The highest BCUT2D eigenvalue weighted by atomic mass is 15.1. The predicted octanol–water partition coefficient (Wildman–Crippen LogP) is 5.63. The first-order valence-corrected chi connectivity index (χ1v) is 9.03. The molecule has 1 heteroatoms. The van der Waals surface area contributed by atoms with Gasteiger partial charge in [-0.25, -0.2) is 0 Å². The van der Waals surface area contributed by atoms with Crippen LogP contribution < -0.4 is 0 Å². The molecule has 124 valence electrons. The topological polar surface area (TPSA) is 3.24 Å². The Hall–Kier alpha value is -1.60. The van der Waals surface area contributed by atoms with Gasteiger partial charge in [-0.1, -0.05) is 56.3 Å². The van der Waals surface area contributed by atoms with Crippen LogP contribution in [0.15, 0.2) is 42.5 Å². The molecule has 0 aliphatic carbocycles. The van der Waals surface area contributed by atoms with Gasteiger partial charge in [0.05, 0.1) is 0 Å². The summed E-state index contributed by atoms with van der Waals surface area (Å²) in [7, 11) is 0. The van der Waals surface area contributed by atoms with Crippen molar-refractivity contribution >= 4 is 0 Å². The van der Waals surface area contributed by atoms with Crippen LogP contribution in [0.2, 0.25) is 0 Å². The quantitative estimate of drug-likeness (QED) is 0.610. The Bertz CT molecular complexity index is 589. The minimum Gasteiger partial charge on any atom is -0.303 e. The van der Waals surface area contributed by atoms with Gasteiger partial charge in [-0.05, 0) is 74.0 Å². The molecule has 0 radical (unpaired) electrons. The predicted molar refractivity (Wildman–Crippen MR) is 102 cm³/mol. The number of hydrogen-bond donors (Lipinski definition) is 0. The SMILES string of the molecule is CCCN(CCC)CCc1cccc(-c2c(C)cccc2C)c1. The van der Waals surface area contributed by atoms with Gasteiger partial charge in [-0.2, -0.15) is 0 Å². The third kappa shape index (κ3) is 4.94. The Balaban J connectivity index is 2.14. The van der Waals surface area contributed by atoms with E-state index in [9.17, 15) is 0 Å². The summed E-state index contributed by atoms with van der Waals surface area (Å²) < 4.78 is 0. The third-order valence-corrected chi connectivity index (χ3v) is 4.49. The van der Waals surface area contributed by atoms with Crippen LogP contribution in [0.25, 0.3) is 11.1 Å². The molecule has 0 aliphatic heterocycles. The Labute approximate surface area is 142 Å². The van der Waals surface area contributed by atoms with E-state index < -0.39 is 0 Å². The van der Waals surface area contributed by atoms with Gasteiger partial charge < -0.3 is 4.90 Å². The van der Waals surface area contributed by atoms with Crippen molar-refractivity contribution in [3.05, 3.63) is 59.2 Å². The number of benzene rings is 2. The van der Waals surface area contributed by atoms with Crippen molar-refractivity contribution in [2.45, 2.75) is 47.0 Å². The molecular weight excluding hydrogens is 278 g/mol. The van der Waals surface area contributed by atoms with Crippen molar-refractivity contribution in [1.29, 1.82) is 0 Å². The standard InChI is InChI=1S/C22H31N/c1-5-14-23(15-6-2)16-13-20-11-8-12-21(17-20)22-18(3)9-7-10-19(22)4/h7-12,17H,5-6,13-16H2,1-4H3. The molecule has 0 spiro atoms. The molecular formula is C22H31N. The second-order valence-electron chi connectivity index (χ2n) is 6.56. The van der Waals surface area contributed by atoms with E-state index in [4.69, 9.17) is 0 Å². The fourth-order valence-electron chi connectivity index (χ4n) is 3.41.